The maximum absolute atomic E-state index is 6.13. The van der Waals surface area contributed by atoms with E-state index in [-0.39, 0.29) is 18.3 Å². The monoisotopic (exact) mass is 315 g/mol. The van der Waals surface area contributed by atoms with Gasteiger partial charge in [0.1, 0.15) is 0 Å². The highest BCUT2D eigenvalue weighted by Gasteiger charge is 2.51. The summed E-state index contributed by atoms with van der Waals surface area (Å²) >= 11 is 0. The van der Waals surface area contributed by atoms with Gasteiger partial charge in [0.05, 0.1) is 23.3 Å². The van der Waals surface area contributed by atoms with Gasteiger partial charge in [0.25, 0.3) is 0 Å². The van der Waals surface area contributed by atoms with Gasteiger partial charge < -0.3 is 14.2 Å². The van der Waals surface area contributed by atoms with Crippen LogP contribution in [0.15, 0.2) is 24.4 Å². The summed E-state index contributed by atoms with van der Waals surface area (Å²) in [6.07, 6.45) is 2.09. The zero-order valence-corrected chi connectivity index (χ0v) is 15.0. The van der Waals surface area contributed by atoms with Crippen molar-refractivity contribution in [2.24, 2.45) is 0 Å². The average molecular weight is 315 g/mol. The fourth-order valence-corrected chi connectivity index (χ4v) is 2.64. The normalized spacial score (nSPS) is 19.9. The van der Waals surface area contributed by atoms with Crippen molar-refractivity contribution in [1.82, 2.24) is 14.7 Å². The maximum atomic E-state index is 6.13. The Morgan fingerprint density at radius 1 is 1.13 bits per heavy atom. The fraction of sp³-hybridized carbons (Fsp3) is 0.588. The molecule has 6 heteroatoms. The molecule has 1 aromatic heterocycles. The molecule has 0 spiro atoms. The molecule has 124 valence electrons. The Balaban J connectivity index is 1.83. The molecule has 2 aromatic rings. The van der Waals surface area contributed by atoms with Gasteiger partial charge in [-0.3, -0.25) is 4.68 Å². The van der Waals surface area contributed by atoms with Crippen molar-refractivity contribution in [2.45, 2.75) is 45.4 Å². The minimum atomic E-state index is -0.325. The van der Waals surface area contributed by atoms with Gasteiger partial charge in [-0.15, -0.1) is 0 Å². The first-order valence-corrected chi connectivity index (χ1v) is 8.15. The van der Waals surface area contributed by atoms with Crippen LogP contribution in [0.4, 0.5) is 0 Å². The first kappa shape index (κ1) is 16.5. The lowest BCUT2D eigenvalue weighted by molar-refractivity contribution is 0.00578. The molecule has 1 fully saturated rings. The molecule has 1 aromatic carbocycles. The second-order valence-corrected chi connectivity index (χ2v) is 7.60. The van der Waals surface area contributed by atoms with Crippen LogP contribution in [0.1, 0.15) is 27.7 Å². The zero-order valence-electron chi connectivity index (χ0n) is 15.0. The third kappa shape index (κ3) is 3.16. The zero-order chi connectivity index (χ0) is 16.8. The van der Waals surface area contributed by atoms with Crippen molar-refractivity contribution < 1.29 is 9.31 Å². The van der Waals surface area contributed by atoms with Gasteiger partial charge in [0.2, 0.25) is 0 Å². The minimum absolute atomic E-state index is 0.317. The van der Waals surface area contributed by atoms with Crippen LogP contribution in [0.25, 0.3) is 10.9 Å². The van der Waals surface area contributed by atoms with E-state index in [1.807, 2.05) is 16.8 Å². The number of fused-ring (bicyclic) bond motifs is 1. The molecule has 1 aliphatic rings. The van der Waals surface area contributed by atoms with Gasteiger partial charge in [-0.25, -0.2) is 0 Å². The third-order valence-corrected chi connectivity index (χ3v) is 4.88. The van der Waals surface area contributed by atoms with Gasteiger partial charge in [0.15, 0.2) is 0 Å². The lowest BCUT2D eigenvalue weighted by Crippen LogP contribution is -2.41. The Kier molecular flexibility index (Phi) is 4.03. The van der Waals surface area contributed by atoms with E-state index in [1.54, 1.807) is 0 Å². The number of hydrogen-bond donors (Lipinski definition) is 0. The van der Waals surface area contributed by atoms with Crippen molar-refractivity contribution >= 4 is 23.5 Å². The van der Waals surface area contributed by atoms with Crippen LogP contribution in [-0.4, -0.2) is 53.6 Å². The van der Waals surface area contributed by atoms with E-state index >= 15 is 0 Å². The summed E-state index contributed by atoms with van der Waals surface area (Å²) in [4.78, 5) is 2.15. The van der Waals surface area contributed by atoms with Crippen LogP contribution in [-0.2, 0) is 15.9 Å². The fourth-order valence-electron chi connectivity index (χ4n) is 2.64. The van der Waals surface area contributed by atoms with Crippen molar-refractivity contribution in [1.29, 1.82) is 0 Å². The molecule has 1 aliphatic heterocycles. The highest BCUT2D eigenvalue weighted by molar-refractivity contribution is 6.62. The third-order valence-electron chi connectivity index (χ3n) is 4.88. The quantitative estimate of drug-likeness (QED) is 0.808. The summed E-state index contributed by atoms with van der Waals surface area (Å²) in [6.45, 7) is 10.1. The topological polar surface area (TPSA) is 39.5 Å². The predicted molar refractivity (Wildman–Crippen MR) is 94.0 cm³/mol. The molecule has 0 atom stereocenters. The number of likely N-dealkylation sites (N-methyl/N-ethyl adjacent to an activating group) is 1. The second-order valence-electron chi connectivity index (χ2n) is 7.60. The van der Waals surface area contributed by atoms with Crippen molar-refractivity contribution in [3.05, 3.63) is 24.4 Å². The molecule has 5 nitrogen and oxygen atoms in total. The van der Waals surface area contributed by atoms with E-state index in [0.29, 0.717) is 0 Å². The molecule has 0 radical (unpaired) electrons. The summed E-state index contributed by atoms with van der Waals surface area (Å²) in [5, 5.41) is 5.74. The number of rotatable bonds is 4. The maximum Gasteiger partial charge on any atom is 0.494 e. The second kappa shape index (κ2) is 5.62. The van der Waals surface area contributed by atoms with Gasteiger partial charge in [0, 0.05) is 18.1 Å². The first-order chi connectivity index (χ1) is 10.7. The summed E-state index contributed by atoms with van der Waals surface area (Å²) in [6, 6.07) is 6.21. The molecule has 0 aliphatic carbocycles. The van der Waals surface area contributed by atoms with Crippen molar-refractivity contribution in [2.75, 3.05) is 20.6 Å². The molecule has 3 rings (SSSR count). The number of nitrogens with zero attached hydrogens (tertiary/aromatic N) is 3. The lowest BCUT2D eigenvalue weighted by atomic mass is 9.79. The minimum Gasteiger partial charge on any atom is -0.399 e. The molecule has 1 saturated heterocycles. The molecule has 0 saturated carbocycles. The van der Waals surface area contributed by atoms with E-state index in [2.05, 4.69) is 64.1 Å². The standard InChI is InChI=1S/C17H26BN3O2/c1-16(2)17(3,4)23-18(22-16)14-7-8-15-13(11-14)12-21(19-15)10-9-20(5)6/h7-8,11-12H,9-10H2,1-6H3. The number of aromatic nitrogens is 2. The van der Waals surface area contributed by atoms with Crippen molar-refractivity contribution in [3.8, 4) is 0 Å². The number of hydrogen-bond acceptors (Lipinski definition) is 4. The Morgan fingerprint density at radius 3 is 2.39 bits per heavy atom. The largest absolute Gasteiger partial charge is 0.494 e. The Hall–Kier alpha value is -1.37. The van der Waals surface area contributed by atoms with Crippen LogP contribution in [0.3, 0.4) is 0 Å². The van der Waals surface area contributed by atoms with Crippen LogP contribution >= 0.6 is 0 Å². The lowest BCUT2D eigenvalue weighted by Gasteiger charge is -2.32. The molecular formula is C17H26BN3O2. The molecule has 0 amide bonds. The van der Waals surface area contributed by atoms with Gasteiger partial charge >= 0.3 is 7.12 Å². The molecule has 23 heavy (non-hydrogen) atoms. The predicted octanol–water partition coefficient (Wildman–Crippen LogP) is 1.90. The molecule has 0 N–H and O–H groups in total. The Labute approximate surface area is 138 Å². The Bertz CT molecular complexity index is 693. The SMILES string of the molecule is CN(C)CCn1cc2cc(B3OC(C)(C)C(C)(C)O3)ccc2n1. The molecule has 0 bridgehead atoms. The van der Waals surface area contributed by atoms with E-state index in [9.17, 15) is 0 Å². The van der Waals surface area contributed by atoms with Crippen LogP contribution in [0.2, 0.25) is 0 Å². The van der Waals surface area contributed by atoms with Crippen molar-refractivity contribution in [3.63, 3.8) is 0 Å². The first-order valence-electron chi connectivity index (χ1n) is 8.15. The summed E-state index contributed by atoms with van der Waals surface area (Å²) in [7, 11) is 3.81. The molecule has 2 heterocycles. The molecular weight excluding hydrogens is 289 g/mol. The van der Waals surface area contributed by atoms with Crippen LogP contribution in [0, 0.1) is 0 Å². The highest BCUT2D eigenvalue weighted by Crippen LogP contribution is 2.36. The highest BCUT2D eigenvalue weighted by atomic mass is 16.7. The average Bonchev–Trinajstić information content (AvgIpc) is 2.94. The van der Waals surface area contributed by atoms with E-state index < -0.39 is 0 Å². The molecule has 0 unspecified atom stereocenters. The van der Waals surface area contributed by atoms with Crippen LogP contribution < -0.4 is 5.46 Å². The Morgan fingerprint density at radius 2 is 1.78 bits per heavy atom. The summed E-state index contributed by atoms with van der Waals surface area (Å²) in [5.74, 6) is 0. The van der Waals surface area contributed by atoms with Gasteiger partial charge in [-0.05, 0) is 53.3 Å². The number of benzene rings is 1. The van der Waals surface area contributed by atoms with E-state index in [4.69, 9.17) is 9.31 Å². The van der Waals surface area contributed by atoms with Gasteiger partial charge in [-0.1, -0.05) is 12.1 Å². The van der Waals surface area contributed by atoms with Crippen LogP contribution in [0.5, 0.6) is 0 Å². The van der Waals surface area contributed by atoms with E-state index in [0.717, 1.165) is 29.5 Å². The smallest absolute Gasteiger partial charge is 0.399 e. The summed E-state index contributed by atoms with van der Waals surface area (Å²) < 4.78 is 14.3. The van der Waals surface area contributed by atoms with Gasteiger partial charge in [-0.2, -0.15) is 5.10 Å². The summed E-state index contributed by atoms with van der Waals surface area (Å²) in [5.41, 5.74) is 1.41. The van der Waals surface area contributed by atoms with E-state index in [1.165, 1.54) is 0 Å².